The maximum absolute atomic E-state index is 5.01. The van der Waals surface area contributed by atoms with Gasteiger partial charge in [0.15, 0.2) is 0 Å². The molecular formula is C18H23BrN2. The molecule has 3 heteroatoms. The predicted octanol–water partition coefficient (Wildman–Crippen LogP) is 5.29. The number of anilines is 1. The van der Waals surface area contributed by atoms with E-state index in [4.69, 9.17) is 4.98 Å². The van der Waals surface area contributed by atoms with Gasteiger partial charge in [0.2, 0.25) is 0 Å². The highest BCUT2D eigenvalue weighted by Crippen LogP contribution is 2.30. The summed E-state index contributed by atoms with van der Waals surface area (Å²) >= 11 is 3.66. The van der Waals surface area contributed by atoms with Crippen molar-refractivity contribution in [2.75, 3.05) is 11.4 Å². The fourth-order valence-electron chi connectivity index (χ4n) is 3.38. The summed E-state index contributed by atoms with van der Waals surface area (Å²) in [5.41, 5.74) is 2.42. The smallest absolute Gasteiger partial charge is 0.133 e. The zero-order chi connectivity index (χ0) is 14.7. The lowest BCUT2D eigenvalue weighted by atomic mass is 10.1. The highest BCUT2D eigenvalue weighted by Gasteiger charge is 2.23. The third-order valence-corrected chi connectivity index (χ3v) is 5.15. The Labute approximate surface area is 135 Å². The van der Waals surface area contributed by atoms with E-state index in [2.05, 4.69) is 58.1 Å². The third-order valence-electron chi connectivity index (χ3n) is 4.54. The number of aromatic nitrogens is 1. The molecule has 1 atom stereocenters. The van der Waals surface area contributed by atoms with E-state index in [1.54, 1.807) is 0 Å². The molecule has 2 heterocycles. The number of nitrogens with zero attached hydrogens (tertiary/aromatic N) is 2. The highest BCUT2D eigenvalue weighted by atomic mass is 79.9. The van der Waals surface area contributed by atoms with E-state index in [9.17, 15) is 0 Å². The molecule has 0 bridgehead atoms. The molecular weight excluding hydrogens is 324 g/mol. The first kappa shape index (κ1) is 14.8. The average molecular weight is 347 g/mol. The number of para-hydroxylation sites is 1. The Morgan fingerprint density at radius 3 is 2.90 bits per heavy atom. The second-order valence-corrected chi connectivity index (χ2v) is 6.46. The molecule has 0 aliphatic carbocycles. The summed E-state index contributed by atoms with van der Waals surface area (Å²) in [5.74, 6) is 1.19. The lowest BCUT2D eigenvalue weighted by Gasteiger charge is -2.32. The summed E-state index contributed by atoms with van der Waals surface area (Å²) < 4.78 is 0. The first-order valence-corrected chi connectivity index (χ1v) is 9.17. The molecule has 21 heavy (non-hydrogen) atoms. The van der Waals surface area contributed by atoms with Crippen LogP contribution in [0.15, 0.2) is 30.3 Å². The molecule has 1 unspecified atom stereocenters. The van der Waals surface area contributed by atoms with Crippen molar-refractivity contribution in [2.24, 2.45) is 0 Å². The van der Waals surface area contributed by atoms with Gasteiger partial charge in [-0.15, -0.1) is 0 Å². The molecule has 2 aromatic rings. The maximum Gasteiger partial charge on any atom is 0.133 e. The van der Waals surface area contributed by atoms with Gasteiger partial charge in [-0.05, 0) is 31.4 Å². The molecule has 1 aliphatic rings. The van der Waals surface area contributed by atoms with Crippen molar-refractivity contribution in [3.63, 3.8) is 0 Å². The van der Waals surface area contributed by atoms with Crippen LogP contribution in [0.4, 0.5) is 5.82 Å². The Morgan fingerprint density at radius 1 is 1.24 bits per heavy atom. The van der Waals surface area contributed by atoms with E-state index in [0.717, 1.165) is 17.4 Å². The van der Waals surface area contributed by atoms with E-state index in [-0.39, 0.29) is 0 Å². The van der Waals surface area contributed by atoms with Crippen molar-refractivity contribution >= 4 is 32.7 Å². The van der Waals surface area contributed by atoms with E-state index >= 15 is 0 Å². The van der Waals surface area contributed by atoms with Crippen LogP contribution < -0.4 is 4.90 Å². The summed E-state index contributed by atoms with van der Waals surface area (Å²) in [7, 11) is 0. The molecule has 1 aliphatic heterocycles. The minimum atomic E-state index is 0.638. The lowest BCUT2D eigenvalue weighted by molar-refractivity contribution is 0.552. The van der Waals surface area contributed by atoms with Crippen LogP contribution >= 0.6 is 15.9 Å². The first-order chi connectivity index (χ1) is 10.3. The Hall–Kier alpha value is -1.09. The monoisotopic (exact) mass is 346 g/mol. The van der Waals surface area contributed by atoms with Crippen LogP contribution in [0.2, 0.25) is 0 Å². The lowest BCUT2D eigenvalue weighted by Crippen LogP contribution is -2.35. The van der Waals surface area contributed by atoms with Gasteiger partial charge in [-0.3, -0.25) is 0 Å². The van der Waals surface area contributed by atoms with Crippen LogP contribution in [-0.2, 0) is 5.33 Å². The average Bonchev–Trinajstić information content (AvgIpc) is 2.78. The number of benzene rings is 1. The molecule has 0 radical (unpaired) electrons. The van der Waals surface area contributed by atoms with Crippen LogP contribution in [0.25, 0.3) is 10.9 Å². The van der Waals surface area contributed by atoms with Crippen molar-refractivity contribution in [3.05, 3.63) is 35.9 Å². The standard InChI is InChI=1S/C18H23BrN2/c1-2-16-9-4-3-7-11-21(16)18-15(13-19)12-14-8-5-6-10-17(14)20-18/h5-6,8,10,12,16H,2-4,7,9,11,13H2,1H3. The van der Waals surface area contributed by atoms with E-state index in [0.29, 0.717) is 6.04 Å². The van der Waals surface area contributed by atoms with Gasteiger partial charge in [-0.1, -0.05) is 53.9 Å². The van der Waals surface area contributed by atoms with Crippen molar-refractivity contribution in [2.45, 2.75) is 50.4 Å². The van der Waals surface area contributed by atoms with Crippen molar-refractivity contribution < 1.29 is 0 Å². The van der Waals surface area contributed by atoms with Gasteiger partial charge in [0.25, 0.3) is 0 Å². The second-order valence-electron chi connectivity index (χ2n) is 5.90. The molecule has 1 aromatic heterocycles. The molecule has 0 amide bonds. The van der Waals surface area contributed by atoms with Crippen LogP contribution in [-0.4, -0.2) is 17.6 Å². The SMILES string of the molecule is CCC1CCCCCN1c1nc2ccccc2cc1CBr. The van der Waals surface area contributed by atoms with Gasteiger partial charge in [0.05, 0.1) is 5.52 Å². The quantitative estimate of drug-likeness (QED) is 0.702. The van der Waals surface area contributed by atoms with Crippen molar-refractivity contribution in [3.8, 4) is 0 Å². The highest BCUT2D eigenvalue weighted by molar-refractivity contribution is 9.08. The summed E-state index contributed by atoms with van der Waals surface area (Å²) in [6.45, 7) is 3.45. The van der Waals surface area contributed by atoms with E-state index < -0.39 is 0 Å². The summed E-state index contributed by atoms with van der Waals surface area (Å²) in [6.07, 6.45) is 6.49. The van der Waals surface area contributed by atoms with Gasteiger partial charge in [-0.25, -0.2) is 4.98 Å². The van der Waals surface area contributed by atoms with Gasteiger partial charge in [-0.2, -0.15) is 0 Å². The first-order valence-electron chi connectivity index (χ1n) is 8.04. The van der Waals surface area contributed by atoms with Gasteiger partial charge in [0.1, 0.15) is 5.82 Å². The van der Waals surface area contributed by atoms with Gasteiger partial charge in [0, 0.05) is 28.9 Å². The zero-order valence-corrected chi connectivity index (χ0v) is 14.3. The van der Waals surface area contributed by atoms with Crippen LogP contribution in [0, 0.1) is 0 Å². The van der Waals surface area contributed by atoms with E-state index in [1.807, 2.05) is 0 Å². The molecule has 1 aromatic carbocycles. The number of hydrogen-bond donors (Lipinski definition) is 0. The van der Waals surface area contributed by atoms with Crippen LogP contribution in [0.1, 0.15) is 44.6 Å². The van der Waals surface area contributed by atoms with Crippen LogP contribution in [0.5, 0.6) is 0 Å². The minimum Gasteiger partial charge on any atom is -0.353 e. The maximum atomic E-state index is 5.01. The molecule has 2 nitrogen and oxygen atoms in total. The molecule has 1 fully saturated rings. The Balaban J connectivity index is 2.07. The third kappa shape index (κ3) is 3.08. The predicted molar refractivity (Wildman–Crippen MR) is 94.3 cm³/mol. The zero-order valence-electron chi connectivity index (χ0n) is 12.7. The van der Waals surface area contributed by atoms with Crippen molar-refractivity contribution in [1.82, 2.24) is 4.98 Å². The topological polar surface area (TPSA) is 16.1 Å². The summed E-state index contributed by atoms with van der Waals surface area (Å²) in [5, 5.41) is 2.10. The fourth-order valence-corrected chi connectivity index (χ4v) is 3.79. The number of fused-ring (bicyclic) bond motifs is 1. The minimum absolute atomic E-state index is 0.638. The number of rotatable bonds is 3. The van der Waals surface area contributed by atoms with Gasteiger partial charge >= 0.3 is 0 Å². The van der Waals surface area contributed by atoms with Crippen molar-refractivity contribution in [1.29, 1.82) is 0 Å². The number of alkyl halides is 1. The number of hydrogen-bond acceptors (Lipinski definition) is 2. The molecule has 0 spiro atoms. The number of pyridine rings is 1. The fraction of sp³-hybridized carbons (Fsp3) is 0.500. The van der Waals surface area contributed by atoms with Crippen LogP contribution in [0.3, 0.4) is 0 Å². The van der Waals surface area contributed by atoms with E-state index in [1.165, 1.54) is 48.9 Å². The molecule has 0 saturated carbocycles. The largest absolute Gasteiger partial charge is 0.353 e. The Morgan fingerprint density at radius 2 is 2.10 bits per heavy atom. The second kappa shape index (κ2) is 6.78. The summed E-state index contributed by atoms with van der Waals surface area (Å²) in [6, 6.07) is 11.4. The Kier molecular flexibility index (Phi) is 4.79. The number of halogens is 1. The summed E-state index contributed by atoms with van der Waals surface area (Å²) in [4.78, 5) is 7.57. The molecule has 3 rings (SSSR count). The molecule has 0 N–H and O–H groups in total. The molecule has 112 valence electrons. The van der Waals surface area contributed by atoms with Gasteiger partial charge < -0.3 is 4.90 Å². The molecule has 1 saturated heterocycles. The normalized spacial score (nSPS) is 19.7. The Bertz CT molecular complexity index is 611.